The van der Waals surface area contributed by atoms with E-state index in [2.05, 4.69) is 54.4 Å². The van der Waals surface area contributed by atoms with Crippen LogP contribution < -0.4 is 5.32 Å². The summed E-state index contributed by atoms with van der Waals surface area (Å²) in [5.74, 6) is 0. The predicted molar refractivity (Wildman–Crippen MR) is 89.5 cm³/mol. The maximum atomic E-state index is 3.82. The van der Waals surface area contributed by atoms with Gasteiger partial charge in [-0.2, -0.15) is 0 Å². The first-order valence-corrected chi connectivity index (χ1v) is 8.68. The Morgan fingerprint density at radius 3 is 2.38 bits per heavy atom. The molecule has 1 aromatic carbocycles. The second kappa shape index (κ2) is 6.10. The normalized spacial score (nSPS) is 30.8. The van der Waals surface area contributed by atoms with Gasteiger partial charge in [-0.3, -0.25) is 4.90 Å². The van der Waals surface area contributed by atoms with Crippen LogP contribution in [0.5, 0.6) is 0 Å². The van der Waals surface area contributed by atoms with Gasteiger partial charge < -0.3 is 5.32 Å². The molecule has 2 heteroatoms. The molecule has 0 aromatic heterocycles. The summed E-state index contributed by atoms with van der Waals surface area (Å²) in [5.41, 5.74) is 1.93. The Morgan fingerprint density at radius 2 is 1.67 bits per heavy atom. The fourth-order valence-corrected chi connectivity index (χ4v) is 4.24. The minimum absolute atomic E-state index is 0.0816. The van der Waals surface area contributed by atoms with Crippen LogP contribution in [0.4, 0.5) is 0 Å². The van der Waals surface area contributed by atoms with Crippen molar-refractivity contribution in [2.45, 2.75) is 63.5 Å². The highest BCUT2D eigenvalue weighted by Gasteiger charge is 2.39. The molecule has 116 valence electrons. The lowest BCUT2D eigenvalue weighted by Gasteiger charge is -2.46. The fourth-order valence-electron chi connectivity index (χ4n) is 4.24. The third kappa shape index (κ3) is 3.17. The molecule has 1 aliphatic carbocycles. The van der Waals surface area contributed by atoms with E-state index < -0.39 is 0 Å². The Morgan fingerprint density at radius 1 is 0.952 bits per heavy atom. The minimum Gasteiger partial charge on any atom is -0.307 e. The highest BCUT2D eigenvalue weighted by atomic mass is 15.2. The summed E-state index contributed by atoms with van der Waals surface area (Å²) in [6, 6.07) is 11.0. The lowest BCUT2D eigenvalue weighted by atomic mass is 9.80. The van der Waals surface area contributed by atoms with Gasteiger partial charge in [0.1, 0.15) is 0 Å². The smallest absolute Gasteiger partial charge is 0.0535 e. The largest absolute Gasteiger partial charge is 0.307 e. The third-order valence-corrected chi connectivity index (χ3v) is 5.73. The number of nitrogens with one attached hydrogen (secondary N) is 1. The van der Waals surface area contributed by atoms with Crippen LogP contribution in [-0.2, 0) is 5.54 Å². The summed E-state index contributed by atoms with van der Waals surface area (Å²) in [5, 5.41) is 3.82. The Hall–Kier alpha value is -0.860. The van der Waals surface area contributed by atoms with Crippen molar-refractivity contribution in [2.24, 2.45) is 0 Å². The summed E-state index contributed by atoms with van der Waals surface area (Å²) in [6.45, 7) is 8.38. The maximum absolute atomic E-state index is 3.82. The van der Waals surface area contributed by atoms with Crippen LogP contribution in [0.1, 0.15) is 57.9 Å². The van der Waals surface area contributed by atoms with E-state index in [0.29, 0.717) is 5.54 Å². The van der Waals surface area contributed by atoms with E-state index in [0.717, 1.165) is 13.1 Å². The minimum atomic E-state index is 0.0816. The number of hydrogen-bond donors (Lipinski definition) is 1. The molecule has 1 atom stereocenters. The molecule has 0 radical (unpaired) electrons. The quantitative estimate of drug-likeness (QED) is 0.886. The van der Waals surface area contributed by atoms with Gasteiger partial charge in [0.25, 0.3) is 0 Å². The molecule has 0 amide bonds. The van der Waals surface area contributed by atoms with Gasteiger partial charge in [-0.15, -0.1) is 0 Å². The molecule has 21 heavy (non-hydrogen) atoms. The van der Waals surface area contributed by atoms with Crippen molar-refractivity contribution in [1.82, 2.24) is 10.2 Å². The van der Waals surface area contributed by atoms with Gasteiger partial charge >= 0.3 is 0 Å². The summed E-state index contributed by atoms with van der Waals surface area (Å²) < 4.78 is 0. The van der Waals surface area contributed by atoms with E-state index in [1.165, 1.54) is 50.6 Å². The number of hydrogen-bond acceptors (Lipinski definition) is 2. The molecule has 2 aliphatic rings. The Kier molecular flexibility index (Phi) is 4.37. The van der Waals surface area contributed by atoms with Crippen molar-refractivity contribution in [2.75, 3.05) is 19.6 Å². The monoisotopic (exact) mass is 286 g/mol. The van der Waals surface area contributed by atoms with E-state index in [1.807, 2.05) is 0 Å². The maximum Gasteiger partial charge on any atom is 0.0535 e. The van der Waals surface area contributed by atoms with Gasteiger partial charge in [0.05, 0.1) is 5.54 Å². The van der Waals surface area contributed by atoms with Crippen molar-refractivity contribution in [3.05, 3.63) is 35.9 Å². The van der Waals surface area contributed by atoms with E-state index in [9.17, 15) is 0 Å². The molecule has 2 nitrogen and oxygen atoms in total. The number of benzene rings is 1. The second-order valence-electron chi connectivity index (χ2n) is 7.46. The van der Waals surface area contributed by atoms with Crippen LogP contribution in [-0.4, -0.2) is 30.1 Å². The first kappa shape index (κ1) is 15.1. The van der Waals surface area contributed by atoms with Crippen LogP contribution in [0, 0.1) is 0 Å². The van der Waals surface area contributed by atoms with Gasteiger partial charge in [0.15, 0.2) is 0 Å². The van der Waals surface area contributed by atoms with Gasteiger partial charge in [0.2, 0.25) is 0 Å². The van der Waals surface area contributed by atoms with Crippen molar-refractivity contribution in [3.8, 4) is 0 Å². The van der Waals surface area contributed by atoms with Crippen molar-refractivity contribution >= 4 is 0 Å². The SMILES string of the molecule is CC1(c2ccccc2)CN(C2(C)CCCCC2)CCCN1. The molecule has 3 rings (SSSR count). The van der Waals surface area contributed by atoms with Gasteiger partial charge in [-0.25, -0.2) is 0 Å². The van der Waals surface area contributed by atoms with E-state index in [-0.39, 0.29) is 5.54 Å². The predicted octanol–water partition coefficient (Wildman–Crippen LogP) is 3.92. The molecular weight excluding hydrogens is 256 g/mol. The first-order chi connectivity index (χ1) is 10.1. The zero-order chi connectivity index (χ0) is 14.8. The highest BCUT2D eigenvalue weighted by molar-refractivity contribution is 5.24. The van der Waals surface area contributed by atoms with Crippen LogP contribution in [0.3, 0.4) is 0 Å². The Labute approximate surface area is 129 Å². The van der Waals surface area contributed by atoms with Crippen LogP contribution in [0.15, 0.2) is 30.3 Å². The van der Waals surface area contributed by atoms with E-state index >= 15 is 0 Å². The van der Waals surface area contributed by atoms with Crippen molar-refractivity contribution < 1.29 is 0 Å². The molecule has 1 aromatic rings. The average Bonchev–Trinajstić information content (AvgIpc) is 2.72. The topological polar surface area (TPSA) is 15.3 Å². The molecule has 0 bridgehead atoms. The summed E-state index contributed by atoms with van der Waals surface area (Å²) in [6.07, 6.45) is 8.25. The Bertz CT molecular complexity index is 450. The molecule has 1 unspecified atom stereocenters. The van der Waals surface area contributed by atoms with Crippen molar-refractivity contribution in [3.63, 3.8) is 0 Å². The van der Waals surface area contributed by atoms with Crippen LogP contribution >= 0.6 is 0 Å². The standard InChI is InChI=1S/C19H30N2/c1-18(12-7-4-8-13-18)21-15-9-14-20-19(2,16-21)17-10-5-3-6-11-17/h3,5-6,10-11,20H,4,7-9,12-16H2,1-2H3. The highest BCUT2D eigenvalue weighted by Crippen LogP contribution is 2.36. The molecule has 1 aliphatic heterocycles. The van der Waals surface area contributed by atoms with Gasteiger partial charge in [-0.05, 0) is 51.8 Å². The zero-order valence-electron chi connectivity index (χ0n) is 13.7. The van der Waals surface area contributed by atoms with E-state index in [1.54, 1.807) is 0 Å². The molecule has 1 saturated heterocycles. The summed E-state index contributed by atoms with van der Waals surface area (Å²) >= 11 is 0. The molecular formula is C19H30N2. The summed E-state index contributed by atoms with van der Waals surface area (Å²) in [7, 11) is 0. The van der Waals surface area contributed by atoms with E-state index in [4.69, 9.17) is 0 Å². The Balaban J connectivity index is 1.83. The molecule has 2 fully saturated rings. The molecule has 1 heterocycles. The van der Waals surface area contributed by atoms with Crippen LogP contribution in [0.25, 0.3) is 0 Å². The lowest BCUT2D eigenvalue weighted by Crippen LogP contribution is -2.54. The average molecular weight is 286 g/mol. The van der Waals surface area contributed by atoms with Gasteiger partial charge in [0, 0.05) is 12.1 Å². The summed E-state index contributed by atoms with van der Waals surface area (Å²) in [4.78, 5) is 2.79. The molecule has 1 N–H and O–H groups in total. The fraction of sp³-hybridized carbons (Fsp3) is 0.684. The van der Waals surface area contributed by atoms with Gasteiger partial charge in [-0.1, -0.05) is 49.6 Å². The third-order valence-electron chi connectivity index (χ3n) is 5.73. The molecule has 1 saturated carbocycles. The van der Waals surface area contributed by atoms with Crippen LogP contribution in [0.2, 0.25) is 0 Å². The number of rotatable bonds is 2. The van der Waals surface area contributed by atoms with Crippen molar-refractivity contribution in [1.29, 1.82) is 0 Å². The molecule has 0 spiro atoms. The zero-order valence-corrected chi connectivity index (χ0v) is 13.7. The second-order valence-corrected chi connectivity index (χ2v) is 7.46. The lowest BCUT2D eigenvalue weighted by molar-refractivity contribution is 0.0504. The first-order valence-electron chi connectivity index (χ1n) is 8.68. The number of nitrogens with zero attached hydrogens (tertiary/aromatic N) is 1.